The van der Waals surface area contributed by atoms with Gasteiger partial charge in [-0.15, -0.1) is 0 Å². The van der Waals surface area contributed by atoms with Gasteiger partial charge in [-0.05, 0) is 84.9 Å². The lowest BCUT2D eigenvalue weighted by atomic mass is 10.0. The predicted octanol–water partition coefficient (Wildman–Crippen LogP) is 5.13. The number of hydrogen-bond acceptors (Lipinski definition) is 8. The Hall–Kier alpha value is -3.92. The average Bonchev–Trinajstić information content (AvgIpc) is 2.90. The van der Waals surface area contributed by atoms with E-state index in [1.165, 1.54) is 0 Å². The van der Waals surface area contributed by atoms with Gasteiger partial charge in [0.15, 0.2) is 0 Å². The van der Waals surface area contributed by atoms with Crippen LogP contribution in [0.5, 0.6) is 0 Å². The number of nitrogens with zero attached hydrogens (tertiary/aromatic N) is 1. The molecule has 2 rings (SSSR count). The molecule has 10 heteroatoms. The summed E-state index contributed by atoms with van der Waals surface area (Å²) in [6, 6.07) is 16.3. The van der Waals surface area contributed by atoms with Crippen LogP contribution < -0.4 is 11.1 Å². The van der Waals surface area contributed by atoms with Crippen molar-refractivity contribution >= 4 is 24.1 Å². The van der Waals surface area contributed by atoms with E-state index < -0.39 is 47.3 Å². The Morgan fingerprint density at radius 1 is 0.786 bits per heavy atom. The molecule has 3 amide bonds. The number of esters is 1. The van der Waals surface area contributed by atoms with Crippen LogP contribution >= 0.6 is 0 Å². The van der Waals surface area contributed by atoms with Crippen molar-refractivity contribution in [2.45, 2.75) is 97.1 Å². The lowest BCUT2D eigenvalue weighted by Gasteiger charge is -2.33. The van der Waals surface area contributed by atoms with E-state index in [1.807, 2.05) is 60.7 Å². The third kappa shape index (κ3) is 12.3. The normalized spacial score (nSPS) is 12.9. The van der Waals surface area contributed by atoms with Gasteiger partial charge in [0, 0.05) is 0 Å². The zero-order chi connectivity index (χ0) is 31.3. The zero-order valence-corrected chi connectivity index (χ0v) is 25.6. The summed E-state index contributed by atoms with van der Waals surface area (Å²) < 4.78 is 16.5. The van der Waals surface area contributed by atoms with Gasteiger partial charge in [-0.25, -0.2) is 14.4 Å². The van der Waals surface area contributed by atoms with Crippen LogP contribution in [0.4, 0.5) is 9.59 Å². The standard InChI is InChI=1S/C32H45N3O7/c1-31(2,3)41-29(38)35(30(39)42-32(4,5)6)26(18-13-21-33)27(36)34-25(20-19-23-14-9-7-10-15-23)28(37)40-22-24-16-11-8-12-17-24/h7-12,14-17,25-26H,13,18-22,33H2,1-6H3,(H,34,36)/t25-,26+/m1/s1. The minimum absolute atomic E-state index is 0.0237. The maximum absolute atomic E-state index is 13.8. The molecule has 2 aromatic carbocycles. The molecule has 3 N–H and O–H groups in total. The summed E-state index contributed by atoms with van der Waals surface area (Å²) in [5, 5.41) is 2.74. The summed E-state index contributed by atoms with van der Waals surface area (Å²) in [7, 11) is 0. The van der Waals surface area contributed by atoms with Gasteiger partial charge in [0.25, 0.3) is 0 Å². The van der Waals surface area contributed by atoms with E-state index in [0.717, 1.165) is 11.1 Å². The number of nitrogens with two attached hydrogens (primary N) is 1. The Labute approximate surface area is 248 Å². The second kappa shape index (κ2) is 15.9. The highest BCUT2D eigenvalue weighted by Gasteiger charge is 2.41. The fourth-order valence-electron chi connectivity index (χ4n) is 3.94. The summed E-state index contributed by atoms with van der Waals surface area (Å²) in [5.74, 6) is -1.36. The van der Waals surface area contributed by atoms with Crippen LogP contribution in [0.3, 0.4) is 0 Å². The molecule has 2 aromatic rings. The van der Waals surface area contributed by atoms with Crippen LogP contribution in [0.15, 0.2) is 60.7 Å². The SMILES string of the molecule is CC(C)(C)OC(=O)N(C(=O)OC(C)(C)C)[C@@H](CCCN)C(=O)N[C@H](CCc1ccccc1)C(=O)OCc1ccccc1. The first-order chi connectivity index (χ1) is 19.7. The maximum Gasteiger partial charge on any atom is 0.420 e. The minimum Gasteiger partial charge on any atom is -0.459 e. The number of ether oxygens (including phenoxy) is 3. The van der Waals surface area contributed by atoms with Gasteiger partial charge in [0.05, 0.1) is 0 Å². The number of rotatable bonds is 12. The lowest BCUT2D eigenvalue weighted by molar-refractivity contribution is -0.149. The van der Waals surface area contributed by atoms with Gasteiger partial charge in [-0.2, -0.15) is 4.90 Å². The van der Waals surface area contributed by atoms with Crippen molar-refractivity contribution < 1.29 is 33.4 Å². The first-order valence-corrected chi connectivity index (χ1v) is 14.2. The van der Waals surface area contributed by atoms with E-state index in [4.69, 9.17) is 19.9 Å². The van der Waals surface area contributed by atoms with Crippen molar-refractivity contribution in [3.63, 3.8) is 0 Å². The summed E-state index contributed by atoms with van der Waals surface area (Å²) in [4.78, 5) is 54.3. The van der Waals surface area contributed by atoms with Crippen molar-refractivity contribution in [3.8, 4) is 0 Å². The fourth-order valence-corrected chi connectivity index (χ4v) is 3.94. The molecular formula is C32H45N3O7. The second-order valence-electron chi connectivity index (χ2n) is 12.0. The molecule has 10 nitrogen and oxygen atoms in total. The predicted molar refractivity (Wildman–Crippen MR) is 159 cm³/mol. The number of nitrogens with one attached hydrogen (secondary N) is 1. The van der Waals surface area contributed by atoms with Crippen LogP contribution in [0.1, 0.15) is 71.9 Å². The number of carbonyl (C=O) groups excluding carboxylic acids is 4. The van der Waals surface area contributed by atoms with E-state index in [1.54, 1.807) is 41.5 Å². The molecule has 2 atom stereocenters. The Kier molecular flexibility index (Phi) is 13.0. The van der Waals surface area contributed by atoms with E-state index in [-0.39, 0.29) is 26.0 Å². The molecule has 0 spiro atoms. The highest BCUT2D eigenvalue weighted by Crippen LogP contribution is 2.20. The summed E-state index contributed by atoms with van der Waals surface area (Å²) >= 11 is 0. The monoisotopic (exact) mass is 583 g/mol. The molecule has 230 valence electrons. The summed E-state index contributed by atoms with van der Waals surface area (Å²) in [6.07, 6.45) is -1.03. The van der Waals surface area contributed by atoms with Gasteiger partial charge in [0.2, 0.25) is 5.91 Å². The van der Waals surface area contributed by atoms with Crippen molar-refractivity contribution in [1.29, 1.82) is 0 Å². The molecule has 0 bridgehead atoms. The molecule has 0 aliphatic rings. The number of benzene rings is 2. The molecular weight excluding hydrogens is 538 g/mol. The van der Waals surface area contributed by atoms with Crippen molar-refractivity contribution in [3.05, 3.63) is 71.8 Å². The largest absolute Gasteiger partial charge is 0.459 e. The highest BCUT2D eigenvalue weighted by molar-refractivity contribution is 5.96. The van der Waals surface area contributed by atoms with Gasteiger partial charge in [-0.1, -0.05) is 60.7 Å². The Balaban J connectivity index is 2.36. The topological polar surface area (TPSA) is 137 Å². The average molecular weight is 584 g/mol. The Morgan fingerprint density at radius 3 is 1.76 bits per heavy atom. The number of amides is 3. The van der Waals surface area contributed by atoms with Gasteiger partial charge < -0.3 is 25.3 Å². The molecule has 0 saturated heterocycles. The molecule has 42 heavy (non-hydrogen) atoms. The van der Waals surface area contributed by atoms with E-state index in [0.29, 0.717) is 17.7 Å². The van der Waals surface area contributed by atoms with Crippen molar-refractivity contribution in [2.24, 2.45) is 5.73 Å². The third-order valence-corrected chi connectivity index (χ3v) is 5.87. The molecule has 0 fully saturated rings. The smallest absolute Gasteiger partial charge is 0.420 e. The van der Waals surface area contributed by atoms with Crippen LogP contribution in [-0.2, 0) is 36.8 Å². The van der Waals surface area contributed by atoms with Crippen LogP contribution in [0.25, 0.3) is 0 Å². The molecule has 0 aliphatic heterocycles. The number of aryl methyl sites for hydroxylation is 1. The van der Waals surface area contributed by atoms with Crippen molar-refractivity contribution in [1.82, 2.24) is 10.2 Å². The quantitative estimate of drug-likeness (QED) is 0.259. The summed E-state index contributed by atoms with van der Waals surface area (Å²) in [6.45, 7) is 10.1. The molecule has 0 radical (unpaired) electrons. The molecule has 0 unspecified atom stereocenters. The van der Waals surface area contributed by atoms with Gasteiger partial charge in [0.1, 0.15) is 29.9 Å². The van der Waals surface area contributed by atoms with Gasteiger partial charge >= 0.3 is 18.2 Å². The first kappa shape index (κ1) is 34.3. The van der Waals surface area contributed by atoms with E-state index in [9.17, 15) is 19.2 Å². The zero-order valence-electron chi connectivity index (χ0n) is 25.6. The van der Waals surface area contributed by atoms with Crippen LogP contribution in [0.2, 0.25) is 0 Å². The van der Waals surface area contributed by atoms with E-state index in [2.05, 4.69) is 5.32 Å². The highest BCUT2D eigenvalue weighted by atomic mass is 16.6. The molecule has 0 aromatic heterocycles. The van der Waals surface area contributed by atoms with E-state index >= 15 is 0 Å². The van der Waals surface area contributed by atoms with Crippen LogP contribution in [0, 0.1) is 0 Å². The fraction of sp³-hybridized carbons (Fsp3) is 0.500. The Morgan fingerprint density at radius 2 is 1.29 bits per heavy atom. The lowest BCUT2D eigenvalue weighted by Crippen LogP contribution is -2.57. The molecule has 0 saturated carbocycles. The van der Waals surface area contributed by atoms with Crippen LogP contribution in [-0.4, -0.2) is 58.8 Å². The number of hydrogen-bond donors (Lipinski definition) is 2. The third-order valence-electron chi connectivity index (χ3n) is 5.87. The first-order valence-electron chi connectivity index (χ1n) is 14.2. The Bertz CT molecular complexity index is 1130. The van der Waals surface area contributed by atoms with Crippen molar-refractivity contribution in [2.75, 3.05) is 6.54 Å². The summed E-state index contributed by atoms with van der Waals surface area (Å²) in [5.41, 5.74) is 5.59. The number of imide groups is 1. The maximum atomic E-state index is 13.8. The molecule has 0 aliphatic carbocycles. The molecule has 0 heterocycles. The number of carbonyl (C=O) groups is 4. The second-order valence-corrected chi connectivity index (χ2v) is 12.0. The minimum atomic E-state index is -1.35. The van der Waals surface area contributed by atoms with Gasteiger partial charge in [-0.3, -0.25) is 4.79 Å².